The lowest BCUT2D eigenvalue weighted by Crippen LogP contribution is -2.52. The molecule has 8 atom stereocenters. The number of aliphatic hydroxyl groups is 1. The lowest BCUT2D eigenvalue weighted by molar-refractivity contribution is -0.137. The van der Waals surface area contributed by atoms with Crippen LogP contribution in [0.3, 0.4) is 0 Å². The van der Waals surface area contributed by atoms with Gasteiger partial charge in [0.2, 0.25) is 0 Å². The predicted molar refractivity (Wildman–Crippen MR) is 108 cm³/mol. The van der Waals surface area contributed by atoms with Crippen LogP contribution in [0.4, 0.5) is 0 Å². The van der Waals surface area contributed by atoms with Gasteiger partial charge in [0.15, 0.2) is 5.78 Å². The number of allylic oxidation sites excluding steroid dienone is 2. The summed E-state index contributed by atoms with van der Waals surface area (Å²) in [5.74, 6) is 1.51. The summed E-state index contributed by atoms with van der Waals surface area (Å²) < 4.78 is 0. The number of fused-ring (bicyclic) bond motifs is 5. The van der Waals surface area contributed by atoms with Crippen molar-refractivity contribution in [3.63, 3.8) is 0 Å². The van der Waals surface area contributed by atoms with Gasteiger partial charge in [-0.25, -0.2) is 0 Å². The number of hydrogen-bond acceptors (Lipinski definition) is 3. The van der Waals surface area contributed by atoms with E-state index in [0.717, 1.165) is 44.9 Å². The van der Waals surface area contributed by atoms with Crippen molar-refractivity contribution in [3.8, 4) is 0 Å². The summed E-state index contributed by atoms with van der Waals surface area (Å²) in [7, 11) is 0. The number of carboxylic acids is 1. The van der Waals surface area contributed by atoms with Crippen molar-refractivity contribution in [1.82, 2.24) is 0 Å². The Morgan fingerprint density at radius 3 is 2.68 bits per heavy atom. The summed E-state index contributed by atoms with van der Waals surface area (Å²) >= 11 is 0. The zero-order chi connectivity index (χ0) is 20.3. The minimum Gasteiger partial charge on any atom is -0.481 e. The number of rotatable bonds is 4. The highest BCUT2D eigenvalue weighted by molar-refractivity contribution is 5.97. The molecule has 0 bridgehead atoms. The summed E-state index contributed by atoms with van der Waals surface area (Å²) in [6, 6.07) is 0. The van der Waals surface area contributed by atoms with Crippen LogP contribution in [0, 0.1) is 40.4 Å². The molecule has 0 saturated heterocycles. The van der Waals surface area contributed by atoms with Gasteiger partial charge in [-0.05, 0) is 92.4 Å². The summed E-state index contributed by atoms with van der Waals surface area (Å²) in [5.41, 5.74) is 1.14. The Bertz CT molecular complexity index is 697. The van der Waals surface area contributed by atoms with Gasteiger partial charge in [0.25, 0.3) is 0 Å². The maximum atomic E-state index is 13.5. The Morgan fingerprint density at radius 1 is 1.21 bits per heavy atom. The monoisotopic (exact) mass is 388 g/mol. The van der Waals surface area contributed by atoms with Crippen molar-refractivity contribution in [1.29, 1.82) is 0 Å². The largest absolute Gasteiger partial charge is 0.481 e. The number of carbonyl (C=O) groups excluding carboxylic acids is 1. The van der Waals surface area contributed by atoms with Crippen LogP contribution >= 0.6 is 0 Å². The van der Waals surface area contributed by atoms with Gasteiger partial charge in [-0.1, -0.05) is 26.3 Å². The first kappa shape index (κ1) is 20.1. The fourth-order valence-electron chi connectivity index (χ4n) is 7.79. The van der Waals surface area contributed by atoms with Crippen molar-refractivity contribution in [2.24, 2.45) is 40.4 Å². The highest BCUT2D eigenvalue weighted by atomic mass is 16.4. The molecule has 0 unspecified atom stereocenters. The number of ketones is 1. The molecule has 2 N–H and O–H groups in total. The maximum Gasteiger partial charge on any atom is 0.303 e. The van der Waals surface area contributed by atoms with E-state index in [1.807, 2.05) is 6.08 Å². The van der Waals surface area contributed by atoms with E-state index in [9.17, 15) is 14.7 Å². The summed E-state index contributed by atoms with van der Waals surface area (Å²) in [6.45, 7) is 6.68. The van der Waals surface area contributed by atoms with Gasteiger partial charge in [-0.2, -0.15) is 0 Å². The standard InChI is InChI=1S/C24H36O4/c1-14(4-9-22(27)28)18-7-8-19-17-6-5-15-12-16(25)10-11-23(15,2)20(17)13-21(26)24(18,19)3/h13-19,25H,4-12H2,1-3H3,(H,27,28)/t14-,15-,16+,17+,18-,19+,23+,24-/m1/s1. The van der Waals surface area contributed by atoms with Crippen molar-refractivity contribution >= 4 is 11.8 Å². The Morgan fingerprint density at radius 2 is 1.96 bits per heavy atom. The summed E-state index contributed by atoms with van der Waals surface area (Å²) in [5, 5.41) is 19.2. The van der Waals surface area contributed by atoms with E-state index in [-0.39, 0.29) is 29.3 Å². The molecule has 4 aliphatic carbocycles. The summed E-state index contributed by atoms with van der Waals surface area (Å²) in [6.07, 6.45) is 9.87. The molecule has 0 aromatic carbocycles. The highest BCUT2D eigenvalue weighted by Gasteiger charge is 2.60. The number of carbonyl (C=O) groups is 2. The first-order valence-electron chi connectivity index (χ1n) is 11.3. The Hall–Kier alpha value is -1.16. The average Bonchev–Trinajstić information content (AvgIpc) is 3.00. The molecular formula is C24H36O4. The highest BCUT2D eigenvalue weighted by Crippen LogP contribution is 2.65. The van der Waals surface area contributed by atoms with Gasteiger partial charge in [0, 0.05) is 11.8 Å². The SMILES string of the molecule is C[C@H](CCC(=O)O)[C@H]1CC[C@H]2[C@@H]3CC[C@@H]4C[C@@H](O)CC[C@]4(C)C3=CC(=O)[C@]12C. The average molecular weight is 389 g/mol. The lowest BCUT2D eigenvalue weighted by Gasteiger charge is -2.56. The molecule has 3 fully saturated rings. The van der Waals surface area contributed by atoms with Crippen molar-refractivity contribution in [2.45, 2.75) is 84.7 Å². The van der Waals surface area contributed by atoms with Crippen LogP contribution in [0.2, 0.25) is 0 Å². The zero-order valence-electron chi connectivity index (χ0n) is 17.6. The topological polar surface area (TPSA) is 74.6 Å². The van der Waals surface area contributed by atoms with Crippen molar-refractivity contribution in [3.05, 3.63) is 11.6 Å². The Labute approximate surface area is 168 Å². The fraction of sp³-hybridized carbons (Fsp3) is 0.833. The van der Waals surface area contributed by atoms with Crippen LogP contribution in [0.1, 0.15) is 78.6 Å². The number of hydrogen-bond donors (Lipinski definition) is 2. The molecular weight excluding hydrogens is 352 g/mol. The molecule has 0 aromatic heterocycles. The predicted octanol–water partition coefficient (Wildman–Crippen LogP) is 4.61. The molecule has 4 nitrogen and oxygen atoms in total. The zero-order valence-corrected chi connectivity index (χ0v) is 17.6. The van der Waals surface area contributed by atoms with Crippen LogP contribution in [0.25, 0.3) is 0 Å². The summed E-state index contributed by atoms with van der Waals surface area (Å²) in [4.78, 5) is 24.6. The minimum atomic E-state index is -0.741. The lowest BCUT2D eigenvalue weighted by atomic mass is 9.48. The first-order valence-corrected chi connectivity index (χ1v) is 11.3. The maximum absolute atomic E-state index is 13.5. The third-order valence-corrected chi connectivity index (χ3v) is 9.47. The van der Waals surface area contributed by atoms with Gasteiger partial charge in [0.05, 0.1) is 6.10 Å². The molecule has 156 valence electrons. The van der Waals surface area contributed by atoms with Crippen molar-refractivity contribution < 1.29 is 19.8 Å². The Kier molecular flexibility index (Phi) is 5.01. The van der Waals surface area contributed by atoms with Crippen LogP contribution in [-0.2, 0) is 9.59 Å². The molecule has 0 radical (unpaired) electrons. The second-order valence-corrected chi connectivity index (χ2v) is 10.7. The van der Waals surface area contributed by atoms with Gasteiger partial charge in [0.1, 0.15) is 0 Å². The van der Waals surface area contributed by atoms with E-state index in [1.165, 1.54) is 5.57 Å². The van der Waals surface area contributed by atoms with E-state index in [1.54, 1.807) is 0 Å². The molecule has 3 saturated carbocycles. The van der Waals surface area contributed by atoms with Crippen LogP contribution in [-0.4, -0.2) is 28.1 Å². The molecule has 4 aliphatic rings. The van der Waals surface area contributed by atoms with E-state index in [0.29, 0.717) is 35.9 Å². The Balaban J connectivity index is 1.63. The van der Waals surface area contributed by atoms with E-state index in [2.05, 4.69) is 20.8 Å². The first-order chi connectivity index (χ1) is 13.2. The quantitative estimate of drug-likeness (QED) is 0.738. The van der Waals surface area contributed by atoms with Gasteiger partial charge < -0.3 is 10.2 Å². The minimum absolute atomic E-state index is 0.0755. The molecule has 0 amide bonds. The van der Waals surface area contributed by atoms with Crippen LogP contribution < -0.4 is 0 Å². The fourth-order valence-corrected chi connectivity index (χ4v) is 7.79. The van der Waals surface area contributed by atoms with E-state index < -0.39 is 5.97 Å². The number of aliphatic carboxylic acids is 1. The second kappa shape index (κ2) is 6.97. The molecule has 28 heavy (non-hydrogen) atoms. The van der Waals surface area contributed by atoms with E-state index in [4.69, 9.17) is 5.11 Å². The van der Waals surface area contributed by atoms with Gasteiger partial charge in [-0.3, -0.25) is 9.59 Å². The van der Waals surface area contributed by atoms with Crippen molar-refractivity contribution in [2.75, 3.05) is 0 Å². The van der Waals surface area contributed by atoms with E-state index >= 15 is 0 Å². The van der Waals surface area contributed by atoms with Crippen LogP contribution in [0.5, 0.6) is 0 Å². The molecule has 0 aliphatic heterocycles. The third-order valence-electron chi connectivity index (χ3n) is 9.47. The van der Waals surface area contributed by atoms with Gasteiger partial charge in [-0.15, -0.1) is 0 Å². The van der Waals surface area contributed by atoms with Crippen LogP contribution in [0.15, 0.2) is 11.6 Å². The second-order valence-electron chi connectivity index (χ2n) is 10.7. The normalized spacial score (nSPS) is 46.2. The smallest absolute Gasteiger partial charge is 0.303 e. The molecule has 0 spiro atoms. The molecule has 4 rings (SSSR count). The van der Waals surface area contributed by atoms with Gasteiger partial charge >= 0.3 is 5.97 Å². The molecule has 0 heterocycles. The number of aliphatic hydroxyl groups excluding tert-OH is 1. The molecule has 4 heteroatoms. The molecule has 0 aromatic rings. The third kappa shape index (κ3) is 2.89. The number of carboxylic acid groups (broad SMARTS) is 1.